The number of hydrogen-bond donors (Lipinski definition) is 1. The van der Waals surface area contributed by atoms with Crippen molar-refractivity contribution in [2.24, 2.45) is 0 Å². The molecular formula is C21H29NO5S. The first-order chi connectivity index (χ1) is 13.2. The van der Waals surface area contributed by atoms with Crippen LogP contribution in [0.3, 0.4) is 0 Å². The van der Waals surface area contributed by atoms with Gasteiger partial charge >= 0.3 is 0 Å². The van der Waals surface area contributed by atoms with E-state index in [1.165, 1.54) is 0 Å². The number of benzene rings is 2. The van der Waals surface area contributed by atoms with Gasteiger partial charge in [-0.3, -0.25) is 0 Å². The number of sulfonamides is 1. The summed E-state index contributed by atoms with van der Waals surface area (Å²) in [5.41, 5.74) is 1.62. The Balaban J connectivity index is 2.20. The van der Waals surface area contributed by atoms with E-state index in [0.717, 1.165) is 11.1 Å². The van der Waals surface area contributed by atoms with E-state index in [1.54, 1.807) is 44.6 Å². The zero-order chi connectivity index (χ0) is 20.9. The second-order valence-corrected chi connectivity index (χ2v) is 8.80. The topological polar surface area (TPSA) is 73.9 Å². The van der Waals surface area contributed by atoms with Crippen LogP contribution in [0.1, 0.15) is 44.7 Å². The second-order valence-electron chi connectivity index (χ2n) is 7.03. The summed E-state index contributed by atoms with van der Waals surface area (Å²) < 4.78 is 44.5. The maximum atomic E-state index is 12.7. The van der Waals surface area contributed by atoms with Crippen molar-refractivity contribution >= 4 is 10.0 Å². The van der Waals surface area contributed by atoms with Crippen LogP contribution in [0.2, 0.25) is 0 Å². The van der Waals surface area contributed by atoms with E-state index in [0.29, 0.717) is 17.2 Å². The second kappa shape index (κ2) is 9.30. The third-order valence-corrected chi connectivity index (χ3v) is 5.59. The van der Waals surface area contributed by atoms with Crippen molar-refractivity contribution in [2.75, 3.05) is 14.2 Å². The van der Waals surface area contributed by atoms with Gasteiger partial charge in [-0.15, -0.1) is 0 Å². The van der Waals surface area contributed by atoms with Crippen molar-refractivity contribution in [1.29, 1.82) is 0 Å². The summed E-state index contributed by atoms with van der Waals surface area (Å²) in [5.74, 6) is 2.01. The summed E-state index contributed by atoms with van der Waals surface area (Å²) in [6.45, 7) is 8.00. The number of nitrogens with one attached hydrogen (secondary N) is 1. The van der Waals surface area contributed by atoms with Crippen LogP contribution < -0.4 is 18.9 Å². The van der Waals surface area contributed by atoms with Gasteiger partial charge in [0.05, 0.1) is 25.2 Å². The summed E-state index contributed by atoms with van der Waals surface area (Å²) in [6.07, 6.45) is 0.0171. The molecular weight excluding hydrogens is 378 g/mol. The largest absolute Gasteiger partial charge is 0.496 e. The number of rotatable bonds is 9. The van der Waals surface area contributed by atoms with Crippen molar-refractivity contribution in [1.82, 2.24) is 4.72 Å². The smallest absolute Gasteiger partial charge is 0.240 e. The summed E-state index contributed by atoms with van der Waals surface area (Å²) >= 11 is 0. The molecule has 0 aromatic heterocycles. The molecule has 0 aliphatic heterocycles. The maximum absolute atomic E-state index is 12.7. The number of methoxy groups -OCH3 is 2. The van der Waals surface area contributed by atoms with Gasteiger partial charge in [-0.05, 0) is 61.2 Å². The highest BCUT2D eigenvalue weighted by Gasteiger charge is 2.18. The van der Waals surface area contributed by atoms with Gasteiger partial charge in [0.2, 0.25) is 10.0 Å². The summed E-state index contributed by atoms with van der Waals surface area (Å²) in [6, 6.07) is 10.3. The van der Waals surface area contributed by atoms with Crippen molar-refractivity contribution < 1.29 is 22.6 Å². The third-order valence-electron chi connectivity index (χ3n) is 4.19. The van der Waals surface area contributed by atoms with E-state index in [2.05, 4.69) is 4.72 Å². The zero-order valence-electron chi connectivity index (χ0n) is 17.3. The van der Waals surface area contributed by atoms with Crippen LogP contribution in [-0.4, -0.2) is 28.7 Å². The van der Waals surface area contributed by atoms with Gasteiger partial charge in [-0.25, -0.2) is 13.1 Å². The molecule has 0 saturated heterocycles. The van der Waals surface area contributed by atoms with Crippen LogP contribution in [0.4, 0.5) is 0 Å². The fourth-order valence-corrected chi connectivity index (χ4v) is 3.82. The lowest BCUT2D eigenvalue weighted by molar-refractivity contribution is 0.230. The molecule has 1 N–H and O–H groups in total. The maximum Gasteiger partial charge on any atom is 0.240 e. The van der Waals surface area contributed by atoms with Gasteiger partial charge in [0.15, 0.2) is 11.5 Å². The lowest BCUT2D eigenvalue weighted by Crippen LogP contribution is -2.23. The Labute approximate surface area is 167 Å². The predicted molar refractivity (Wildman–Crippen MR) is 110 cm³/mol. The van der Waals surface area contributed by atoms with Gasteiger partial charge in [-0.1, -0.05) is 19.9 Å². The van der Waals surface area contributed by atoms with Crippen LogP contribution in [-0.2, 0) is 16.6 Å². The van der Waals surface area contributed by atoms with Crippen LogP contribution >= 0.6 is 0 Å². The highest BCUT2D eigenvalue weighted by molar-refractivity contribution is 7.89. The van der Waals surface area contributed by atoms with Crippen molar-refractivity contribution in [3.63, 3.8) is 0 Å². The zero-order valence-corrected chi connectivity index (χ0v) is 18.1. The van der Waals surface area contributed by atoms with Crippen molar-refractivity contribution in [2.45, 2.75) is 51.2 Å². The fraction of sp³-hybridized carbons (Fsp3) is 0.429. The molecule has 0 spiro atoms. The molecule has 154 valence electrons. The first-order valence-electron chi connectivity index (χ1n) is 9.19. The Morgan fingerprint density at radius 3 is 2.11 bits per heavy atom. The van der Waals surface area contributed by atoms with Gasteiger partial charge in [0, 0.05) is 6.54 Å². The SMILES string of the molecule is COc1cc(CNS(=O)(=O)c2ccc(OC)c(C(C)C)c2)ccc1OC(C)C. The lowest BCUT2D eigenvalue weighted by atomic mass is 10.0. The standard InChI is InChI=1S/C21H29NO5S/c1-14(2)18-12-17(8-10-19(18)25-5)28(23,24)22-13-16-7-9-20(27-15(3)4)21(11-16)26-6/h7-12,14-15,22H,13H2,1-6H3. The van der Waals surface area contributed by atoms with Crippen LogP contribution in [0.5, 0.6) is 17.2 Å². The molecule has 0 radical (unpaired) electrons. The first-order valence-corrected chi connectivity index (χ1v) is 10.7. The molecule has 0 bridgehead atoms. The lowest BCUT2D eigenvalue weighted by Gasteiger charge is -2.16. The third kappa shape index (κ3) is 5.39. The molecule has 0 fully saturated rings. The Hall–Kier alpha value is -2.25. The van der Waals surface area contributed by atoms with Crippen molar-refractivity contribution in [3.05, 3.63) is 47.5 Å². The van der Waals surface area contributed by atoms with Crippen molar-refractivity contribution in [3.8, 4) is 17.2 Å². The molecule has 0 amide bonds. The monoisotopic (exact) mass is 407 g/mol. The Morgan fingerprint density at radius 2 is 1.54 bits per heavy atom. The molecule has 0 aliphatic carbocycles. The minimum atomic E-state index is -3.67. The predicted octanol–water partition coefficient (Wildman–Crippen LogP) is 4.09. The summed E-state index contributed by atoms with van der Waals surface area (Å²) in [5, 5.41) is 0. The number of ether oxygens (including phenoxy) is 3. The number of hydrogen-bond acceptors (Lipinski definition) is 5. The Morgan fingerprint density at radius 1 is 0.893 bits per heavy atom. The average Bonchev–Trinajstić information content (AvgIpc) is 2.66. The van der Waals surface area contributed by atoms with Gasteiger partial charge < -0.3 is 14.2 Å². The first kappa shape index (κ1) is 22.0. The summed E-state index contributed by atoms with van der Waals surface area (Å²) in [7, 11) is -0.532. The molecule has 0 saturated carbocycles. The fourth-order valence-electron chi connectivity index (χ4n) is 2.77. The normalized spacial score (nSPS) is 11.7. The minimum absolute atomic E-state index is 0.0171. The van der Waals surface area contributed by atoms with Crippen LogP contribution in [0.15, 0.2) is 41.3 Å². The minimum Gasteiger partial charge on any atom is -0.496 e. The van der Waals surface area contributed by atoms with Gasteiger partial charge in [0.25, 0.3) is 0 Å². The molecule has 28 heavy (non-hydrogen) atoms. The molecule has 7 heteroatoms. The molecule has 6 nitrogen and oxygen atoms in total. The molecule has 2 aromatic rings. The van der Waals surface area contributed by atoms with E-state index in [9.17, 15) is 8.42 Å². The Bertz CT molecular complexity index is 907. The Kier molecular flexibility index (Phi) is 7.32. The van der Waals surface area contributed by atoms with E-state index in [4.69, 9.17) is 14.2 Å². The molecule has 0 unspecified atom stereocenters. The van der Waals surface area contributed by atoms with Crippen LogP contribution in [0.25, 0.3) is 0 Å². The molecule has 0 heterocycles. The van der Waals surface area contributed by atoms with Gasteiger partial charge in [-0.2, -0.15) is 0 Å². The average molecular weight is 408 g/mol. The van der Waals surface area contributed by atoms with Gasteiger partial charge in [0.1, 0.15) is 5.75 Å². The van der Waals surface area contributed by atoms with E-state index >= 15 is 0 Å². The highest BCUT2D eigenvalue weighted by Crippen LogP contribution is 2.30. The molecule has 0 aliphatic rings. The summed E-state index contributed by atoms with van der Waals surface area (Å²) in [4.78, 5) is 0.212. The van der Waals surface area contributed by atoms with Crippen LogP contribution in [0, 0.1) is 0 Å². The van der Waals surface area contributed by atoms with E-state index in [1.807, 2.05) is 33.8 Å². The quantitative estimate of drug-likeness (QED) is 0.678. The highest BCUT2D eigenvalue weighted by atomic mass is 32.2. The molecule has 0 atom stereocenters. The van der Waals surface area contributed by atoms with E-state index < -0.39 is 10.0 Å². The molecule has 2 aromatic carbocycles. The van der Waals surface area contributed by atoms with E-state index in [-0.39, 0.29) is 23.5 Å². The molecule has 2 rings (SSSR count).